The first-order chi connectivity index (χ1) is 9.60. The molecule has 2 aromatic rings. The van der Waals surface area contributed by atoms with E-state index in [0.717, 1.165) is 0 Å². The number of rotatable bonds is 5. The largest absolute Gasteiger partial charge is 0.481 e. The molecular formula is C17H16O3. The fourth-order valence-electron chi connectivity index (χ4n) is 2.36. The Morgan fingerprint density at radius 3 is 1.70 bits per heavy atom. The minimum absolute atomic E-state index is 0.526. The lowest BCUT2D eigenvalue weighted by Gasteiger charge is -2.33. The predicted octanol–water partition coefficient (Wildman–Crippen LogP) is 2.81. The van der Waals surface area contributed by atoms with Gasteiger partial charge in [0.2, 0.25) is 0 Å². The third-order valence-corrected chi connectivity index (χ3v) is 3.38. The third-order valence-electron chi connectivity index (χ3n) is 3.38. The Labute approximate surface area is 117 Å². The molecule has 3 heteroatoms. The van der Waals surface area contributed by atoms with Gasteiger partial charge in [0, 0.05) is 0 Å². The van der Waals surface area contributed by atoms with Gasteiger partial charge in [0.05, 0.1) is 0 Å². The summed E-state index contributed by atoms with van der Waals surface area (Å²) in [6, 6.07) is 17.6. The van der Waals surface area contributed by atoms with Crippen LogP contribution >= 0.6 is 0 Å². The van der Waals surface area contributed by atoms with E-state index in [4.69, 9.17) is 0 Å². The third kappa shape index (κ3) is 2.36. The zero-order valence-corrected chi connectivity index (χ0v) is 10.9. The highest BCUT2D eigenvalue weighted by Crippen LogP contribution is 2.37. The van der Waals surface area contributed by atoms with Crippen LogP contribution in [0.25, 0.3) is 0 Å². The average molecular weight is 268 g/mol. The van der Waals surface area contributed by atoms with Crippen molar-refractivity contribution in [1.29, 1.82) is 0 Å². The number of benzene rings is 2. The number of carbonyl (C=O) groups is 1. The normalized spacial score (nSPS) is 12.7. The fraction of sp³-hybridized carbons (Fsp3) is 0.118. The summed E-state index contributed by atoms with van der Waals surface area (Å²) in [4.78, 5) is 11.5. The van der Waals surface area contributed by atoms with E-state index < -0.39 is 17.5 Å². The Balaban J connectivity index is 2.66. The zero-order chi connectivity index (χ0) is 14.6. The molecule has 0 radical (unpaired) electrons. The number of carboxylic acids is 1. The van der Waals surface area contributed by atoms with Gasteiger partial charge in [0.1, 0.15) is 11.5 Å². The summed E-state index contributed by atoms with van der Waals surface area (Å²) in [5.74, 6) is -2.25. The van der Waals surface area contributed by atoms with Gasteiger partial charge in [0.25, 0.3) is 0 Å². The lowest BCUT2D eigenvalue weighted by Crippen LogP contribution is -2.39. The molecule has 0 saturated heterocycles. The van der Waals surface area contributed by atoms with Crippen molar-refractivity contribution in [2.45, 2.75) is 5.60 Å². The van der Waals surface area contributed by atoms with Gasteiger partial charge >= 0.3 is 5.97 Å². The van der Waals surface area contributed by atoms with Gasteiger partial charge in [-0.1, -0.05) is 66.7 Å². The molecular weight excluding hydrogens is 252 g/mol. The predicted molar refractivity (Wildman–Crippen MR) is 77.2 cm³/mol. The van der Waals surface area contributed by atoms with Gasteiger partial charge in [-0.2, -0.15) is 0 Å². The molecule has 0 aromatic heterocycles. The van der Waals surface area contributed by atoms with E-state index in [1.54, 1.807) is 48.5 Å². The summed E-state index contributed by atoms with van der Waals surface area (Å²) < 4.78 is 0. The molecule has 2 N–H and O–H groups in total. The van der Waals surface area contributed by atoms with Crippen molar-refractivity contribution in [3.8, 4) is 0 Å². The number of aliphatic carboxylic acids is 1. The second kappa shape index (κ2) is 5.72. The van der Waals surface area contributed by atoms with Crippen molar-refractivity contribution in [2.24, 2.45) is 5.92 Å². The summed E-state index contributed by atoms with van der Waals surface area (Å²) in [6.45, 7) is 3.56. The molecule has 0 aliphatic rings. The highest BCUT2D eigenvalue weighted by Gasteiger charge is 2.42. The summed E-state index contributed by atoms with van der Waals surface area (Å²) in [6.07, 6.45) is 1.27. The molecule has 0 aliphatic carbocycles. The minimum atomic E-state index is -1.64. The second-order valence-electron chi connectivity index (χ2n) is 4.55. The summed E-state index contributed by atoms with van der Waals surface area (Å²) in [5.41, 5.74) is -0.590. The first kappa shape index (κ1) is 14.0. The molecule has 0 aliphatic heterocycles. The van der Waals surface area contributed by atoms with Crippen LogP contribution in [0.15, 0.2) is 73.3 Å². The average Bonchev–Trinajstić information content (AvgIpc) is 2.49. The van der Waals surface area contributed by atoms with Gasteiger partial charge < -0.3 is 10.2 Å². The molecule has 102 valence electrons. The lowest BCUT2D eigenvalue weighted by atomic mass is 9.76. The van der Waals surface area contributed by atoms with Gasteiger partial charge in [0.15, 0.2) is 0 Å². The van der Waals surface area contributed by atoms with E-state index in [9.17, 15) is 15.0 Å². The Kier molecular flexibility index (Phi) is 4.01. The van der Waals surface area contributed by atoms with Gasteiger partial charge in [-0.05, 0) is 11.1 Å². The topological polar surface area (TPSA) is 57.5 Å². The van der Waals surface area contributed by atoms with Crippen LogP contribution < -0.4 is 0 Å². The number of aliphatic hydroxyl groups is 1. The first-order valence-corrected chi connectivity index (χ1v) is 6.29. The number of hydrogen-bond donors (Lipinski definition) is 2. The number of hydrogen-bond acceptors (Lipinski definition) is 2. The van der Waals surface area contributed by atoms with E-state index in [0.29, 0.717) is 11.1 Å². The summed E-state index contributed by atoms with van der Waals surface area (Å²) >= 11 is 0. The molecule has 0 bridgehead atoms. The van der Waals surface area contributed by atoms with Gasteiger partial charge in [-0.25, -0.2) is 0 Å². The van der Waals surface area contributed by atoms with Crippen LogP contribution in [-0.4, -0.2) is 16.2 Å². The van der Waals surface area contributed by atoms with Crippen LogP contribution in [0.5, 0.6) is 0 Å². The first-order valence-electron chi connectivity index (χ1n) is 6.29. The van der Waals surface area contributed by atoms with Crippen molar-refractivity contribution < 1.29 is 15.0 Å². The molecule has 0 heterocycles. The second-order valence-corrected chi connectivity index (χ2v) is 4.55. The molecule has 0 saturated carbocycles. The Morgan fingerprint density at radius 2 is 1.40 bits per heavy atom. The van der Waals surface area contributed by atoms with Crippen LogP contribution in [0.2, 0.25) is 0 Å². The van der Waals surface area contributed by atoms with Gasteiger partial charge in [-0.15, -0.1) is 6.58 Å². The van der Waals surface area contributed by atoms with Crippen molar-refractivity contribution >= 4 is 5.97 Å². The van der Waals surface area contributed by atoms with Crippen molar-refractivity contribution in [3.63, 3.8) is 0 Å². The van der Waals surface area contributed by atoms with E-state index in [1.165, 1.54) is 6.08 Å². The summed E-state index contributed by atoms with van der Waals surface area (Å²) in [5, 5.41) is 20.5. The molecule has 0 fully saturated rings. The van der Waals surface area contributed by atoms with E-state index in [1.807, 2.05) is 12.1 Å². The van der Waals surface area contributed by atoms with Crippen LogP contribution in [0.4, 0.5) is 0 Å². The lowest BCUT2D eigenvalue weighted by molar-refractivity contribution is -0.147. The van der Waals surface area contributed by atoms with Crippen molar-refractivity contribution in [2.75, 3.05) is 0 Å². The molecule has 1 atom stereocenters. The Morgan fingerprint density at radius 1 is 1.00 bits per heavy atom. The van der Waals surface area contributed by atoms with E-state index in [-0.39, 0.29) is 0 Å². The standard InChI is InChI=1S/C17H16O3/c1-2-15(16(18)19)17(20,13-9-5-3-6-10-13)14-11-7-4-8-12-14/h2-12,15,20H,1H2,(H,18,19). The zero-order valence-electron chi connectivity index (χ0n) is 10.9. The maximum absolute atomic E-state index is 11.5. The fourth-order valence-corrected chi connectivity index (χ4v) is 2.36. The Bertz CT molecular complexity index is 551. The van der Waals surface area contributed by atoms with Crippen molar-refractivity contribution in [3.05, 3.63) is 84.4 Å². The van der Waals surface area contributed by atoms with Crippen LogP contribution in [0.1, 0.15) is 11.1 Å². The maximum atomic E-state index is 11.5. The van der Waals surface area contributed by atoms with Crippen LogP contribution in [0, 0.1) is 5.92 Å². The maximum Gasteiger partial charge on any atom is 0.314 e. The van der Waals surface area contributed by atoms with E-state index >= 15 is 0 Å². The SMILES string of the molecule is C=CC(C(=O)O)C(O)(c1ccccc1)c1ccccc1. The van der Waals surface area contributed by atoms with Gasteiger partial charge in [-0.3, -0.25) is 4.79 Å². The smallest absolute Gasteiger partial charge is 0.314 e. The van der Waals surface area contributed by atoms with Crippen molar-refractivity contribution in [1.82, 2.24) is 0 Å². The molecule has 3 nitrogen and oxygen atoms in total. The highest BCUT2D eigenvalue weighted by atomic mass is 16.4. The Hall–Kier alpha value is -2.39. The molecule has 1 unspecified atom stereocenters. The highest BCUT2D eigenvalue weighted by molar-refractivity contribution is 5.75. The minimum Gasteiger partial charge on any atom is -0.481 e. The molecule has 2 aromatic carbocycles. The number of carboxylic acid groups (broad SMARTS) is 1. The molecule has 20 heavy (non-hydrogen) atoms. The summed E-state index contributed by atoms with van der Waals surface area (Å²) in [7, 11) is 0. The monoisotopic (exact) mass is 268 g/mol. The molecule has 0 spiro atoms. The van der Waals surface area contributed by atoms with E-state index in [2.05, 4.69) is 6.58 Å². The quantitative estimate of drug-likeness (QED) is 0.820. The molecule has 0 amide bonds. The van der Waals surface area contributed by atoms with Crippen LogP contribution in [-0.2, 0) is 10.4 Å². The molecule has 2 rings (SSSR count). The van der Waals surface area contributed by atoms with Crippen LogP contribution in [0.3, 0.4) is 0 Å².